The smallest absolute Gasteiger partial charge is 0.0831 e. The van der Waals surface area contributed by atoms with E-state index < -0.39 is 35.2 Å². The SMILES string of the molecule is CC(C)[C@@H](O)[C@](C)(C#N)C[C@H](O)C(C)(C)C.CC(C)[C@@H](O)[C@](C)(C#N)C[C@H](O)C(C)(C)C. The molecule has 0 aliphatic carbocycles. The quantitative estimate of drug-likeness (QED) is 0.422. The summed E-state index contributed by atoms with van der Waals surface area (Å²) in [5.41, 5.74) is -2.31. The molecule has 0 fully saturated rings. The fraction of sp³-hybridized carbons (Fsp3) is 0.923. The molecule has 0 aliphatic rings. The Morgan fingerprint density at radius 1 is 0.562 bits per heavy atom. The van der Waals surface area contributed by atoms with E-state index >= 15 is 0 Å². The monoisotopic (exact) mass is 454 g/mol. The van der Waals surface area contributed by atoms with Crippen LogP contribution in [-0.4, -0.2) is 44.8 Å². The van der Waals surface area contributed by atoms with Gasteiger partial charge < -0.3 is 20.4 Å². The minimum absolute atomic E-state index is 0.0109. The van der Waals surface area contributed by atoms with Crippen LogP contribution in [0.15, 0.2) is 0 Å². The van der Waals surface area contributed by atoms with Gasteiger partial charge in [-0.2, -0.15) is 10.5 Å². The highest BCUT2D eigenvalue weighted by molar-refractivity contribution is 5.04. The van der Waals surface area contributed by atoms with Crippen molar-refractivity contribution >= 4 is 0 Å². The molecule has 6 heteroatoms. The highest BCUT2D eigenvalue weighted by atomic mass is 16.3. The Kier molecular flexibility index (Phi) is 12.7. The average Bonchev–Trinajstić information content (AvgIpc) is 2.65. The molecule has 0 heterocycles. The Morgan fingerprint density at radius 2 is 0.781 bits per heavy atom. The maximum Gasteiger partial charge on any atom is 0.0831 e. The van der Waals surface area contributed by atoms with Crippen LogP contribution < -0.4 is 0 Å². The van der Waals surface area contributed by atoms with Crippen molar-refractivity contribution in [3.8, 4) is 12.1 Å². The molecule has 0 bridgehead atoms. The molecule has 4 N–H and O–H groups in total. The lowest BCUT2D eigenvalue weighted by molar-refractivity contribution is -0.0265. The zero-order valence-electron chi connectivity index (χ0n) is 22.6. The molecule has 0 aromatic carbocycles. The molecule has 0 rings (SSSR count). The predicted molar refractivity (Wildman–Crippen MR) is 129 cm³/mol. The zero-order valence-corrected chi connectivity index (χ0v) is 22.6. The van der Waals surface area contributed by atoms with Crippen LogP contribution >= 0.6 is 0 Å². The van der Waals surface area contributed by atoms with Gasteiger partial charge in [0, 0.05) is 0 Å². The molecule has 6 atom stereocenters. The Hall–Kier alpha value is -1.18. The Balaban J connectivity index is 0. The average molecular weight is 455 g/mol. The Labute approximate surface area is 197 Å². The van der Waals surface area contributed by atoms with Crippen LogP contribution in [0.2, 0.25) is 0 Å². The number of nitriles is 2. The third kappa shape index (κ3) is 10.2. The van der Waals surface area contributed by atoms with Gasteiger partial charge in [-0.15, -0.1) is 0 Å². The summed E-state index contributed by atoms with van der Waals surface area (Å²) in [5, 5.41) is 58.5. The summed E-state index contributed by atoms with van der Waals surface area (Å²) in [5.74, 6) is 0.0219. The van der Waals surface area contributed by atoms with E-state index in [2.05, 4.69) is 12.1 Å². The van der Waals surface area contributed by atoms with Gasteiger partial charge in [-0.25, -0.2) is 0 Å². The minimum Gasteiger partial charge on any atom is -0.393 e. The van der Waals surface area contributed by atoms with E-state index in [0.717, 1.165) is 0 Å². The lowest BCUT2D eigenvalue weighted by atomic mass is 9.72. The second-order valence-corrected chi connectivity index (χ2v) is 12.6. The summed E-state index contributed by atoms with van der Waals surface area (Å²) in [6.45, 7) is 22.5. The van der Waals surface area contributed by atoms with Gasteiger partial charge in [0.1, 0.15) is 0 Å². The first-order valence-corrected chi connectivity index (χ1v) is 11.6. The third-order valence-corrected chi connectivity index (χ3v) is 6.31. The highest BCUT2D eigenvalue weighted by Gasteiger charge is 2.40. The summed E-state index contributed by atoms with van der Waals surface area (Å²) < 4.78 is 0. The third-order valence-electron chi connectivity index (χ3n) is 6.31. The van der Waals surface area contributed by atoms with E-state index in [1.54, 1.807) is 13.8 Å². The molecule has 188 valence electrons. The van der Waals surface area contributed by atoms with Crippen molar-refractivity contribution in [3.63, 3.8) is 0 Å². The van der Waals surface area contributed by atoms with Crippen LogP contribution in [0.5, 0.6) is 0 Å². The zero-order chi connectivity index (χ0) is 26.3. The van der Waals surface area contributed by atoms with Gasteiger partial charge in [0.2, 0.25) is 0 Å². The van der Waals surface area contributed by atoms with Crippen LogP contribution in [0, 0.1) is 56.2 Å². The van der Waals surface area contributed by atoms with Crippen molar-refractivity contribution in [1.29, 1.82) is 10.5 Å². The normalized spacial score (nSPS) is 20.0. The van der Waals surface area contributed by atoms with Gasteiger partial charge in [0.25, 0.3) is 0 Å². The Morgan fingerprint density at radius 3 is 0.906 bits per heavy atom. The van der Waals surface area contributed by atoms with E-state index in [1.165, 1.54) is 0 Å². The Bertz CT molecular complexity index is 580. The fourth-order valence-electron chi connectivity index (χ4n) is 3.35. The second kappa shape index (κ2) is 12.3. The van der Waals surface area contributed by atoms with Crippen LogP contribution in [0.25, 0.3) is 0 Å². The predicted octanol–water partition coefficient (Wildman–Crippen LogP) is 4.66. The number of hydrogen-bond donors (Lipinski definition) is 4. The topological polar surface area (TPSA) is 128 Å². The van der Waals surface area contributed by atoms with Crippen molar-refractivity contribution in [2.45, 2.75) is 120 Å². The van der Waals surface area contributed by atoms with Crippen molar-refractivity contribution in [3.05, 3.63) is 0 Å². The minimum atomic E-state index is -0.888. The summed E-state index contributed by atoms with van der Waals surface area (Å²) in [6, 6.07) is 4.31. The van der Waals surface area contributed by atoms with Gasteiger partial charge in [0.15, 0.2) is 0 Å². The van der Waals surface area contributed by atoms with Crippen LogP contribution in [0.4, 0.5) is 0 Å². The van der Waals surface area contributed by atoms with E-state index in [9.17, 15) is 30.9 Å². The largest absolute Gasteiger partial charge is 0.393 e. The van der Waals surface area contributed by atoms with Gasteiger partial charge >= 0.3 is 0 Å². The molecule has 0 aliphatic heterocycles. The van der Waals surface area contributed by atoms with Crippen LogP contribution in [-0.2, 0) is 0 Å². The standard InChI is InChI=1S/2C13H25NO2/c2*1-9(2)11(16)13(6,8-14)7-10(15)12(3,4)5/h2*9-11,15-16H,7H2,1-6H3/t2*10-,11+,13-/m00/s1. The number of aliphatic hydroxyl groups is 4. The first-order valence-electron chi connectivity index (χ1n) is 11.6. The van der Waals surface area contributed by atoms with E-state index in [0.29, 0.717) is 12.8 Å². The van der Waals surface area contributed by atoms with E-state index in [1.807, 2.05) is 69.2 Å². The molecule has 0 aromatic heterocycles. The highest BCUT2D eigenvalue weighted by Crippen LogP contribution is 2.36. The molecule has 0 saturated carbocycles. The summed E-state index contributed by atoms with van der Waals surface area (Å²) >= 11 is 0. The van der Waals surface area contributed by atoms with E-state index in [-0.39, 0.29) is 22.7 Å². The lowest BCUT2D eigenvalue weighted by Crippen LogP contribution is -2.41. The van der Waals surface area contributed by atoms with Crippen molar-refractivity contribution in [1.82, 2.24) is 0 Å². The summed E-state index contributed by atoms with van der Waals surface area (Å²) in [4.78, 5) is 0. The molecular formula is C26H50N2O4. The fourth-order valence-corrected chi connectivity index (χ4v) is 3.35. The molecule has 0 radical (unpaired) electrons. The van der Waals surface area contributed by atoms with Crippen molar-refractivity contribution < 1.29 is 20.4 Å². The van der Waals surface area contributed by atoms with Gasteiger partial charge in [-0.1, -0.05) is 69.2 Å². The van der Waals surface area contributed by atoms with Gasteiger partial charge in [-0.05, 0) is 49.4 Å². The lowest BCUT2D eigenvalue weighted by Gasteiger charge is -2.36. The maximum absolute atomic E-state index is 10.0. The first-order chi connectivity index (χ1) is 14.1. The maximum atomic E-state index is 10.0. The van der Waals surface area contributed by atoms with Gasteiger partial charge in [0.05, 0.1) is 47.4 Å². The molecule has 0 amide bonds. The van der Waals surface area contributed by atoms with Crippen LogP contribution in [0.1, 0.15) is 95.9 Å². The summed E-state index contributed by atoms with van der Waals surface area (Å²) in [6.07, 6.45) is -2.02. The molecule has 0 unspecified atom stereocenters. The molecule has 0 aromatic rings. The number of aliphatic hydroxyl groups excluding tert-OH is 4. The molecule has 32 heavy (non-hydrogen) atoms. The number of nitrogens with zero attached hydrogens (tertiary/aromatic N) is 2. The second-order valence-electron chi connectivity index (χ2n) is 12.6. The first kappa shape index (κ1) is 33.0. The summed E-state index contributed by atoms with van der Waals surface area (Å²) in [7, 11) is 0. The molecule has 0 spiro atoms. The number of hydrogen-bond acceptors (Lipinski definition) is 6. The van der Waals surface area contributed by atoms with Crippen LogP contribution in [0.3, 0.4) is 0 Å². The van der Waals surface area contributed by atoms with Crippen molar-refractivity contribution in [2.75, 3.05) is 0 Å². The molecule has 6 nitrogen and oxygen atoms in total. The molecular weight excluding hydrogens is 404 g/mol. The molecule has 0 saturated heterocycles. The van der Waals surface area contributed by atoms with Crippen molar-refractivity contribution in [2.24, 2.45) is 33.5 Å². The van der Waals surface area contributed by atoms with Gasteiger partial charge in [-0.3, -0.25) is 0 Å². The number of rotatable bonds is 8. The van der Waals surface area contributed by atoms with E-state index in [4.69, 9.17) is 0 Å².